The molecule has 0 spiro atoms. The summed E-state index contributed by atoms with van der Waals surface area (Å²) in [6.45, 7) is 3.38. The van der Waals surface area contributed by atoms with Crippen molar-refractivity contribution in [1.29, 1.82) is 0 Å². The van der Waals surface area contributed by atoms with Gasteiger partial charge in [-0.2, -0.15) is 4.72 Å². The van der Waals surface area contributed by atoms with Crippen LogP contribution in [0, 0.1) is 11.7 Å². The molecule has 0 saturated carbocycles. The normalized spacial score (nSPS) is 18.6. The summed E-state index contributed by atoms with van der Waals surface area (Å²) >= 11 is 0. The largest absolute Gasteiger partial charge is 0.490 e. The predicted molar refractivity (Wildman–Crippen MR) is 92.1 cm³/mol. The van der Waals surface area contributed by atoms with E-state index in [1.807, 2.05) is 6.92 Å². The van der Waals surface area contributed by atoms with Crippen molar-refractivity contribution in [2.24, 2.45) is 5.92 Å². The number of carbonyl (C=O) groups is 1. The molecule has 0 amide bonds. The Labute approximate surface area is 152 Å². The van der Waals surface area contributed by atoms with Crippen molar-refractivity contribution in [2.75, 3.05) is 19.8 Å². The number of rotatable bonds is 10. The van der Waals surface area contributed by atoms with Crippen LogP contribution >= 0.6 is 0 Å². The third kappa shape index (κ3) is 5.65. The highest BCUT2D eigenvalue weighted by molar-refractivity contribution is 7.89. The zero-order valence-electron chi connectivity index (χ0n) is 14.6. The first kappa shape index (κ1) is 20.6. The van der Waals surface area contributed by atoms with Gasteiger partial charge in [-0.15, -0.1) is 0 Å². The Morgan fingerprint density at radius 2 is 2.27 bits per heavy atom. The number of hydrogen-bond acceptors (Lipinski definition) is 5. The van der Waals surface area contributed by atoms with Crippen LogP contribution in [0.25, 0.3) is 0 Å². The van der Waals surface area contributed by atoms with E-state index in [4.69, 9.17) is 14.6 Å². The van der Waals surface area contributed by atoms with E-state index < -0.39 is 27.9 Å². The summed E-state index contributed by atoms with van der Waals surface area (Å²) in [4.78, 5) is 10.9. The van der Waals surface area contributed by atoms with Crippen LogP contribution in [0.3, 0.4) is 0 Å². The van der Waals surface area contributed by atoms with Crippen LogP contribution in [-0.2, 0) is 19.6 Å². The van der Waals surface area contributed by atoms with E-state index in [0.29, 0.717) is 26.2 Å². The van der Waals surface area contributed by atoms with Crippen molar-refractivity contribution in [3.8, 4) is 5.75 Å². The van der Waals surface area contributed by atoms with Gasteiger partial charge in [0.05, 0.1) is 18.1 Å². The zero-order valence-corrected chi connectivity index (χ0v) is 15.4. The fourth-order valence-electron chi connectivity index (χ4n) is 2.58. The number of carboxylic acids is 1. The van der Waals surface area contributed by atoms with Crippen LogP contribution in [-0.4, -0.2) is 45.4 Å². The first-order valence-corrected chi connectivity index (χ1v) is 10.1. The maximum atomic E-state index is 14.2. The lowest BCUT2D eigenvalue weighted by atomic mass is 10.1. The number of carboxylic acid groups (broad SMARTS) is 1. The van der Waals surface area contributed by atoms with Crippen LogP contribution in [0.2, 0.25) is 0 Å². The molecule has 146 valence electrons. The lowest BCUT2D eigenvalue weighted by Gasteiger charge is -2.15. The number of hydrogen-bond donors (Lipinski definition) is 2. The average molecular weight is 389 g/mol. The third-order valence-electron chi connectivity index (χ3n) is 4.15. The Morgan fingerprint density at radius 3 is 2.85 bits per heavy atom. The fraction of sp³-hybridized carbons (Fsp3) is 0.588. The van der Waals surface area contributed by atoms with Gasteiger partial charge in [0, 0.05) is 12.5 Å². The molecule has 0 aromatic heterocycles. The number of sulfonamides is 1. The number of benzene rings is 1. The van der Waals surface area contributed by atoms with Gasteiger partial charge in [-0.1, -0.05) is 19.8 Å². The molecule has 26 heavy (non-hydrogen) atoms. The fourth-order valence-corrected chi connectivity index (χ4v) is 3.82. The summed E-state index contributed by atoms with van der Waals surface area (Å²) in [5.41, 5.74) is 0. The lowest BCUT2D eigenvalue weighted by Crippen LogP contribution is -2.40. The maximum absolute atomic E-state index is 14.2. The van der Waals surface area contributed by atoms with Gasteiger partial charge >= 0.3 is 5.97 Å². The van der Waals surface area contributed by atoms with E-state index >= 15 is 0 Å². The average Bonchev–Trinajstić information content (AvgIpc) is 3.10. The monoisotopic (exact) mass is 389 g/mol. The van der Waals surface area contributed by atoms with Crippen molar-refractivity contribution < 1.29 is 32.2 Å². The number of halogens is 1. The van der Waals surface area contributed by atoms with Crippen molar-refractivity contribution in [1.82, 2.24) is 4.72 Å². The van der Waals surface area contributed by atoms with Gasteiger partial charge in [-0.05, 0) is 31.0 Å². The lowest BCUT2D eigenvalue weighted by molar-refractivity contribution is -0.139. The molecule has 1 unspecified atom stereocenters. The molecule has 7 nitrogen and oxygen atoms in total. The molecule has 1 fully saturated rings. The minimum atomic E-state index is -4.15. The van der Waals surface area contributed by atoms with Gasteiger partial charge in [0.25, 0.3) is 0 Å². The highest BCUT2D eigenvalue weighted by atomic mass is 32.2. The van der Waals surface area contributed by atoms with Crippen LogP contribution in [0.4, 0.5) is 4.39 Å². The molecular weight excluding hydrogens is 365 g/mol. The molecule has 1 aromatic carbocycles. The van der Waals surface area contributed by atoms with E-state index in [0.717, 1.165) is 18.9 Å². The second-order valence-corrected chi connectivity index (χ2v) is 8.00. The summed E-state index contributed by atoms with van der Waals surface area (Å²) < 4.78 is 51.6. The van der Waals surface area contributed by atoms with Crippen LogP contribution in [0.15, 0.2) is 23.1 Å². The standard InChI is InChI=1S/C17H24FNO6S/c1-2-3-4-15(17(20)21)19-26(22,23)13-5-6-16(14(18)9-13)25-11-12-7-8-24-10-12/h5-6,9,12,15,19H,2-4,7-8,10-11H2,1H3,(H,20,21)/t12?,15-/m0/s1. The topological polar surface area (TPSA) is 102 Å². The zero-order chi connectivity index (χ0) is 19.2. The predicted octanol–water partition coefficient (Wildman–Crippen LogP) is 2.16. The molecule has 0 radical (unpaired) electrons. The Bertz CT molecular complexity index is 718. The van der Waals surface area contributed by atoms with Crippen LogP contribution in [0.1, 0.15) is 32.6 Å². The second-order valence-electron chi connectivity index (χ2n) is 6.29. The number of aliphatic carboxylic acids is 1. The Balaban J connectivity index is 2.06. The molecule has 1 aromatic rings. The van der Waals surface area contributed by atoms with Gasteiger partial charge < -0.3 is 14.6 Å². The minimum Gasteiger partial charge on any atom is -0.490 e. The first-order valence-electron chi connectivity index (χ1n) is 8.58. The molecule has 9 heteroatoms. The number of nitrogens with one attached hydrogen (secondary N) is 1. The maximum Gasteiger partial charge on any atom is 0.321 e. The van der Waals surface area contributed by atoms with Gasteiger partial charge in [0.2, 0.25) is 10.0 Å². The Hall–Kier alpha value is -1.71. The van der Waals surface area contributed by atoms with E-state index in [1.54, 1.807) is 0 Å². The molecule has 0 bridgehead atoms. The molecule has 0 aliphatic carbocycles. The van der Waals surface area contributed by atoms with Crippen LogP contribution in [0.5, 0.6) is 5.75 Å². The third-order valence-corrected chi connectivity index (χ3v) is 5.62. The van der Waals surface area contributed by atoms with E-state index in [9.17, 15) is 17.6 Å². The quantitative estimate of drug-likeness (QED) is 0.636. The Morgan fingerprint density at radius 1 is 1.50 bits per heavy atom. The second kappa shape index (κ2) is 9.29. The minimum absolute atomic E-state index is 0.0448. The summed E-state index contributed by atoms with van der Waals surface area (Å²) in [6, 6.07) is 2.02. The Kier molecular flexibility index (Phi) is 7.36. The van der Waals surface area contributed by atoms with E-state index in [1.165, 1.54) is 12.1 Å². The van der Waals surface area contributed by atoms with Crippen molar-refractivity contribution >= 4 is 16.0 Å². The van der Waals surface area contributed by atoms with Crippen LogP contribution < -0.4 is 9.46 Å². The van der Waals surface area contributed by atoms with Crippen molar-refractivity contribution in [3.63, 3.8) is 0 Å². The number of ether oxygens (including phenoxy) is 2. The van der Waals surface area contributed by atoms with E-state index in [2.05, 4.69) is 4.72 Å². The van der Waals surface area contributed by atoms with Crippen molar-refractivity contribution in [2.45, 2.75) is 43.5 Å². The van der Waals surface area contributed by atoms with Gasteiger partial charge in [-0.3, -0.25) is 4.79 Å². The summed E-state index contributed by atoms with van der Waals surface area (Å²) in [6.07, 6.45) is 2.30. The van der Waals surface area contributed by atoms with Gasteiger partial charge in [0.15, 0.2) is 11.6 Å². The molecule has 1 aliphatic heterocycles. The smallest absolute Gasteiger partial charge is 0.321 e. The summed E-state index contributed by atoms with van der Waals surface area (Å²) in [5.74, 6) is -1.93. The molecule has 1 saturated heterocycles. The van der Waals surface area contributed by atoms with E-state index in [-0.39, 0.29) is 23.0 Å². The van der Waals surface area contributed by atoms with Crippen molar-refractivity contribution in [3.05, 3.63) is 24.0 Å². The summed E-state index contributed by atoms with van der Waals surface area (Å²) in [7, 11) is -4.15. The molecule has 2 N–H and O–H groups in total. The molecule has 1 heterocycles. The molecule has 1 aliphatic rings. The SMILES string of the molecule is CCCC[C@H](NS(=O)(=O)c1ccc(OCC2CCOC2)c(F)c1)C(=O)O. The van der Waals surface area contributed by atoms with Gasteiger partial charge in [-0.25, -0.2) is 12.8 Å². The first-order chi connectivity index (χ1) is 12.3. The summed E-state index contributed by atoms with van der Waals surface area (Å²) in [5, 5.41) is 9.15. The molecule has 2 atom stereocenters. The van der Waals surface area contributed by atoms with Gasteiger partial charge in [0.1, 0.15) is 6.04 Å². The molecule has 2 rings (SSSR count). The highest BCUT2D eigenvalue weighted by Gasteiger charge is 2.26. The highest BCUT2D eigenvalue weighted by Crippen LogP contribution is 2.23. The molecular formula is C17H24FNO6S. The number of unbranched alkanes of at least 4 members (excludes halogenated alkanes) is 1.